The fourth-order valence-electron chi connectivity index (χ4n) is 6.61. The summed E-state index contributed by atoms with van der Waals surface area (Å²) >= 11 is 0. The molecular formula is C20H24N2O3. The molecule has 6 heterocycles. The smallest absolute Gasteiger partial charge is 0.164 e. The number of benzene rings is 1. The van der Waals surface area contributed by atoms with Crippen molar-refractivity contribution >= 4 is 10.9 Å². The topological polar surface area (TPSA) is 57.7 Å². The molecular weight excluding hydrogens is 316 g/mol. The summed E-state index contributed by atoms with van der Waals surface area (Å²) in [5.41, 5.74) is 4.09. The Kier molecular flexibility index (Phi) is 2.86. The van der Waals surface area contributed by atoms with E-state index in [2.05, 4.69) is 41.1 Å². The Hall–Kier alpha value is -1.40. The number of H-pyrrole nitrogens is 1. The highest BCUT2D eigenvalue weighted by molar-refractivity contribution is 5.85. The van der Waals surface area contributed by atoms with Crippen LogP contribution in [-0.2, 0) is 15.9 Å². The summed E-state index contributed by atoms with van der Waals surface area (Å²) in [5, 5.41) is 12.1. The molecule has 1 aromatic heterocycles. The molecule has 6 bridgehead atoms. The van der Waals surface area contributed by atoms with Crippen molar-refractivity contribution in [3.63, 3.8) is 0 Å². The Morgan fingerprint density at radius 1 is 1.28 bits per heavy atom. The Bertz CT molecular complexity index is 849. The molecule has 4 fully saturated rings. The van der Waals surface area contributed by atoms with Crippen LogP contribution >= 0.6 is 0 Å². The number of rotatable bonds is 1. The van der Waals surface area contributed by atoms with Gasteiger partial charge in [0.1, 0.15) is 0 Å². The van der Waals surface area contributed by atoms with Crippen LogP contribution in [0.2, 0.25) is 0 Å². The summed E-state index contributed by atoms with van der Waals surface area (Å²) in [6.07, 6.45) is 1.05. The summed E-state index contributed by atoms with van der Waals surface area (Å²) < 4.78 is 11.5. The Balaban J connectivity index is 1.52. The maximum atomic E-state index is 10.7. The molecule has 9 atom stereocenters. The van der Waals surface area contributed by atoms with Crippen molar-refractivity contribution in [1.82, 2.24) is 9.88 Å². The normalized spacial score (nSPS) is 47.1. The number of hydrogen-bond acceptors (Lipinski definition) is 4. The second-order valence-electron chi connectivity index (χ2n) is 8.22. The average molecular weight is 340 g/mol. The third-order valence-electron chi connectivity index (χ3n) is 7.44. The van der Waals surface area contributed by atoms with Gasteiger partial charge in [-0.25, -0.2) is 0 Å². The van der Waals surface area contributed by atoms with Crippen molar-refractivity contribution < 1.29 is 14.6 Å². The summed E-state index contributed by atoms with van der Waals surface area (Å²) in [6, 6.07) is 9.80. The van der Waals surface area contributed by atoms with Crippen LogP contribution in [0.25, 0.3) is 10.9 Å². The van der Waals surface area contributed by atoms with Crippen LogP contribution in [0.3, 0.4) is 0 Å². The van der Waals surface area contributed by atoms with Crippen LogP contribution in [0.1, 0.15) is 30.6 Å². The molecule has 25 heavy (non-hydrogen) atoms. The molecule has 7 rings (SSSR count). The first-order valence-electron chi connectivity index (χ1n) is 9.42. The largest absolute Gasteiger partial charge is 0.368 e. The van der Waals surface area contributed by atoms with Gasteiger partial charge in [-0.05, 0) is 37.3 Å². The van der Waals surface area contributed by atoms with Gasteiger partial charge >= 0.3 is 0 Å². The predicted octanol–water partition coefficient (Wildman–Crippen LogP) is 2.41. The van der Waals surface area contributed by atoms with Crippen molar-refractivity contribution in [3.8, 4) is 0 Å². The number of aromatic amines is 1. The van der Waals surface area contributed by atoms with Crippen LogP contribution in [0.15, 0.2) is 24.3 Å². The Labute approximate surface area is 146 Å². The first kappa shape index (κ1) is 14.7. The summed E-state index contributed by atoms with van der Waals surface area (Å²) in [5.74, 6) is 0.991. The predicted molar refractivity (Wildman–Crippen MR) is 92.8 cm³/mol. The second-order valence-corrected chi connectivity index (χ2v) is 8.22. The van der Waals surface area contributed by atoms with E-state index >= 15 is 0 Å². The number of nitrogens with zero attached hydrogens (tertiary/aromatic N) is 1. The van der Waals surface area contributed by atoms with Gasteiger partial charge in [0, 0.05) is 47.6 Å². The number of aliphatic hydroxyl groups excluding tert-OH is 1. The zero-order chi connectivity index (χ0) is 16.9. The highest BCUT2D eigenvalue weighted by Crippen LogP contribution is 2.60. The summed E-state index contributed by atoms with van der Waals surface area (Å²) in [7, 11) is 1.69. The SMILES string of the molecule is CO[C@@H]1O[C@@H](O)[C@@H]2C3C[C@H]4c5[nH]c6ccccc6c5C[C@H]2N4[C@@H](C)[C@H]31. The van der Waals surface area contributed by atoms with Crippen LogP contribution in [-0.4, -0.2) is 46.8 Å². The quantitative estimate of drug-likeness (QED) is 0.837. The average Bonchev–Trinajstić information content (AvgIpc) is 2.99. The first-order valence-corrected chi connectivity index (χ1v) is 9.42. The first-order chi connectivity index (χ1) is 12.2. The summed E-state index contributed by atoms with van der Waals surface area (Å²) in [6.45, 7) is 2.31. The van der Waals surface area contributed by atoms with Crippen molar-refractivity contribution in [3.05, 3.63) is 35.5 Å². The highest BCUT2D eigenvalue weighted by atomic mass is 16.7. The Morgan fingerprint density at radius 3 is 2.96 bits per heavy atom. The van der Waals surface area contributed by atoms with Crippen molar-refractivity contribution in [1.29, 1.82) is 0 Å². The lowest BCUT2D eigenvalue weighted by atomic mass is 9.58. The number of piperidine rings is 3. The van der Waals surface area contributed by atoms with Crippen molar-refractivity contribution in [2.24, 2.45) is 17.8 Å². The number of aromatic nitrogens is 1. The van der Waals surface area contributed by atoms with Gasteiger partial charge in [-0.3, -0.25) is 4.90 Å². The standard InChI is InChI=1S/C20H24N2O3/c1-9-16-12-8-15-18-11(10-5-3-4-6-13(10)21-18)7-14(22(9)15)17(12)19(23)25-20(16)24-2/h3-6,9,12,14-17,19-21,23H,7-8H2,1-2H3/t9-,12?,14+,15-,16+,17+,19+,20+/m0/s1. The van der Waals surface area contributed by atoms with E-state index in [9.17, 15) is 5.11 Å². The lowest BCUT2D eigenvalue weighted by molar-refractivity contribution is -0.355. The molecule has 4 saturated heterocycles. The van der Waals surface area contributed by atoms with Crippen LogP contribution < -0.4 is 0 Å². The number of methoxy groups -OCH3 is 1. The van der Waals surface area contributed by atoms with Crippen molar-refractivity contribution in [2.75, 3.05) is 7.11 Å². The van der Waals surface area contributed by atoms with E-state index in [1.807, 2.05) is 0 Å². The maximum Gasteiger partial charge on any atom is 0.164 e. The third kappa shape index (κ3) is 1.68. The van der Waals surface area contributed by atoms with E-state index in [0.717, 1.165) is 12.8 Å². The lowest BCUT2D eigenvalue weighted by Crippen LogP contribution is -2.73. The monoisotopic (exact) mass is 340 g/mol. The van der Waals surface area contributed by atoms with Gasteiger partial charge < -0.3 is 19.6 Å². The molecule has 0 radical (unpaired) electrons. The zero-order valence-corrected chi connectivity index (χ0v) is 14.6. The van der Waals surface area contributed by atoms with E-state index in [1.165, 1.54) is 22.2 Å². The summed E-state index contributed by atoms with van der Waals surface area (Å²) in [4.78, 5) is 6.37. The molecule has 5 aliphatic rings. The molecule has 0 aliphatic carbocycles. The van der Waals surface area contributed by atoms with E-state index in [-0.39, 0.29) is 12.2 Å². The van der Waals surface area contributed by atoms with E-state index in [0.29, 0.717) is 30.0 Å². The minimum Gasteiger partial charge on any atom is -0.368 e. The van der Waals surface area contributed by atoms with Gasteiger partial charge in [-0.1, -0.05) is 18.2 Å². The molecule has 2 unspecified atom stereocenters. The molecule has 2 N–H and O–H groups in total. The van der Waals surface area contributed by atoms with Gasteiger partial charge in [-0.2, -0.15) is 0 Å². The lowest BCUT2D eigenvalue weighted by Gasteiger charge is -2.66. The maximum absolute atomic E-state index is 10.7. The fourth-order valence-corrected chi connectivity index (χ4v) is 6.61. The molecule has 2 aromatic rings. The van der Waals surface area contributed by atoms with E-state index in [4.69, 9.17) is 9.47 Å². The van der Waals surface area contributed by atoms with Crippen molar-refractivity contribution in [2.45, 2.75) is 50.5 Å². The molecule has 0 spiro atoms. The molecule has 5 nitrogen and oxygen atoms in total. The van der Waals surface area contributed by atoms with Gasteiger partial charge in [0.2, 0.25) is 0 Å². The Morgan fingerprint density at radius 2 is 2.12 bits per heavy atom. The van der Waals surface area contributed by atoms with Gasteiger partial charge in [-0.15, -0.1) is 0 Å². The van der Waals surface area contributed by atoms with Crippen LogP contribution in [0.4, 0.5) is 0 Å². The van der Waals surface area contributed by atoms with Gasteiger partial charge in [0.25, 0.3) is 0 Å². The van der Waals surface area contributed by atoms with E-state index < -0.39 is 6.29 Å². The third-order valence-corrected chi connectivity index (χ3v) is 7.44. The van der Waals surface area contributed by atoms with E-state index in [1.54, 1.807) is 7.11 Å². The number of hydrogen-bond donors (Lipinski definition) is 2. The van der Waals surface area contributed by atoms with Crippen LogP contribution in [0.5, 0.6) is 0 Å². The number of para-hydroxylation sites is 1. The minimum absolute atomic E-state index is 0.186. The minimum atomic E-state index is -0.723. The molecule has 1 aromatic carbocycles. The zero-order valence-electron chi connectivity index (χ0n) is 14.6. The van der Waals surface area contributed by atoms with Crippen LogP contribution in [0, 0.1) is 17.8 Å². The molecule has 0 amide bonds. The number of aliphatic hydroxyl groups is 1. The van der Waals surface area contributed by atoms with Gasteiger partial charge in [0.05, 0.1) is 6.04 Å². The fraction of sp³-hybridized carbons (Fsp3) is 0.600. The molecule has 0 saturated carbocycles. The molecule has 5 aliphatic heterocycles. The van der Waals surface area contributed by atoms with Gasteiger partial charge in [0.15, 0.2) is 12.6 Å². The second kappa shape index (κ2) is 4.86. The highest BCUT2D eigenvalue weighted by Gasteiger charge is 2.64. The number of nitrogens with one attached hydrogen (secondary N) is 1. The molecule has 5 heteroatoms. The number of ether oxygens (including phenoxy) is 2. The molecule has 132 valence electrons. The number of fused-ring (bicyclic) bond motifs is 3.